The molecule has 2 aliphatic heterocycles. The van der Waals surface area contributed by atoms with Crippen LogP contribution in [0.2, 0.25) is 0 Å². The highest BCUT2D eigenvalue weighted by Gasteiger charge is 2.47. The fraction of sp³-hybridized carbons (Fsp3) is 0.765. The molecule has 0 radical (unpaired) electrons. The molecule has 128 valence electrons. The third-order valence-corrected chi connectivity index (χ3v) is 5.93. The first kappa shape index (κ1) is 16.5. The number of aryl methyl sites for hydroxylation is 1. The van der Waals surface area contributed by atoms with Crippen LogP contribution in [0.25, 0.3) is 0 Å². The standard InChI is InChI=1S/C17H28N4O2/c1-4-21-13(2)14(10-18-21)16(23)20-9-7-17(12-22)6-5-8-19(3)15(17)11-20/h10,15,22H,4-9,11-12H2,1-3H3/t15-,17-/m1/s1. The number of hydrogen-bond donors (Lipinski definition) is 1. The highest BCUT2D eigenvalue weighted by Crippen LogP contribution is 2.41. The molecule has 0 saturated carbocycles. The first-order valence-corrected chi connectivity index (χ1v) is 8.65. The largest absolute Gasteiger partial charge is 0.396 e. The van der Waals surface area contributed by atoms with E-state index in [1.165, 1.54) is 0 Å². The van der Waals surface area contributed by atoms with E-state index >= 15 is 0 Å². The van der Waals surface area contributed by atoms with Crippen LogP contribution in [0.15, 0.2) is 6.20 Å². The predicted molar refractivity (Wildman–Crippen MR) is 88.3 cm³/mol. The second-order valence-corrected chi connectivity index (χ2v) is 7.08. The molecule has 3 rings (SSSR count). The summed E-state index contributed by atoms with van der Waals surface area (Å²) < 4.78 is 1.86. The van der Waals surface area contributed by atoms with Gasteiger partial charge in [0.25, 0.3) is 5.91 Å². The minimum absolute atomic E-state index is 0.0353. The molecular weight excluding hydrogens is 292 g/mol. The third kappa shape index (κ3) is 2.68. The average Bonchev–Trinajstić information content (AvgIpc) is 2.95. The number of likely N-dealkylation sites (N-methyl/N-ethyl adjacent to an activating group) is 1. The normalized spacial score (nSPS) is 28.7. The smallest absolute Gasteiger partial charge is 0.257 e. The number of aliphatic hydroxyl groups excluding tert-OH is 1. The molecule has 0 aromatic carbocycles. The van der Waals surface area contributed by atoms with Crippen molar-refractivity contribution in [2.24, 2.45) is 5.41 Å². The quantitative estimate of drug-likeness (QED) is 0.907. The topological polar surface area (TPSA) is 61.6 Å². The van der Waals surface area contributed by atoms with E-state index in [1.54, 1.807) is 6.20 Å². The second-order valence-electron chi connectivity index (χ2n) is 7.08. The third-order valence-electron chi connectivity index (χ3n) is 5.93. The predicted octanol–water partition coefficient (Wildman–Crippen LogP) is 1.13. The van der Waals surface area contributed by atoms with Crippen molar-refractivity contribution in [3.8, 4) is 0 Å². The van der Waals surface area contributed by atoms with Crippen LogP contribution in [0, 0.1) is 12.3 Å². The number of hydrogen-bond acceptors (Lipinski definition) is 4. The van der Waals surface area contributed by atoms with E-state index < -0.39 is 0 Å². The maximum absolute atomic E-state index is 12.9. The van der Waals surface area contributed by atoms with E-state index in [0.29, 0.717) is 12.1 Å². The van der Waals surface area contributed by atoms with Gasteiger partial charge in [0.15, 0.2) is 0 Å². The molecule has 2 saturated heterocycles. The first-order chi connectivity index (χ1) is 11.0. The van der Waals surface area contributed by atoms with Crippen LogP contribution >= 0.6 is 0 Å². The lowest BCUT2D eigenvalue weighted by Crippen LogP contribution is -2.62. The van der Waals surface area contributed by atoms with Crippen molar-refractivity contribution in [3.05, 3.63) is 17.5 Å². The molecule has 3 heterocycles. The number of amides is 1. The van der Waals surface area contributed by atoms with Gasteiger partial charge in [-0.2, -0.15) is 5.10 Å². The lowest BCUT2D eigenvalue weighted by atomic mass is 9.69. The Balaban J connectivity index is 1.80. The molecule has 1 N–H and O–H groups in total. The maximum atomic E-state index is 12.9. The van der Waals surface area contributed by atoms with Gasteiger partial charge in [-0.15, -0.1) is 0 Å². The Morgan fingerprint density at radius 3 is 2.87 bits per heavy atom. The number of aliphatic hydroxyl groups is 1. The zero-order valence-corrected chi connectivity index (χ0v) is 14.5. The van der Waals surface area contributed by atoms with Gasteiger partial charge in [-0.1, -0.05) is 0 Å². The van der Waals surface area contributed by atoms with Gasteiger partial charge in [0.1, 0.15) is 0 Å². The molecule has 23 heavy (non-hydrogen) atoms. The molecule has 0 spiro atoms. The Morgan fingerprint density at radius 2 is 2.22 bits per heavy atom. The minimum Gasteiger partial charge on any atom is -0.396 e. The number of piperidine rings is 2. The average molecular weight is 320 g/mol. The molecule has 6 nitrogen and oxygen atoms in total. The van der Waals surface area contributed by atoms with Crippen LogP contribution in [0.3, 0.4) is 0 Å². The number of rotatable bonds is 3. The van der Waals surface area contributed by atoms with Crippen LogP contribution in [0.4, 0.5) is 0 Å². The zero-order chi connectivity index (χ0) is 16.6. The van der Waals surface area contributed by atoms with Crippen molar-refractivity contribution < 1.29 is 9.90 Å². The number of fused-ring (bicyclic) bond motifs is 1. The van der Waals surface area contributed by atoms with Crippen molar-refractivity contribution in [2.45, 2.75) is 45.7 Å². The van der Waals surface area contributed by atoms with E-state index in [1.807, 2.05) is 23.4 Å². The molecule has 2 aliphatic rings. The summed E-state index contributed by atoms with van der Waals surface area (Å²) in [7, 11) is 2.11. The monoisotopic (exact) mass is 320 g/mol. The molecule has 1 aromatic heterocycles. The minimum atomic E-state index is -0.0353. The van der Waals surface area contributed by atoms with Gasteiger partial charge < -0.3 is 14.9 Å². The van der Waals surface area contributed by atoms with Crippen molar-refractivity contribution >= 4 is 5.91 Å². The summed E-state index contributed by atoms with van der Waals surface area (Å²) in [6.07, 6.45) is 4.77. The summed E-state index contributed by atoms with van der Waals surface area (Å²) in [5, 5.41) is 14.3. The van der Waals surface area contributed by atoms with Crippen LogP contribution in [0.5, 0.6) is 0 Å². The summed E-state index contributed by atoms with van der Waals surface area (Å²) in [6.45, 7) is 7.45. The lowest BCUT2D eigenvalue weighted by Gasteiger charge is -2.53. The molecular formula is C17H28N4O2. The van der Waals surface area contributed by atoms with E-state index in [0.717, 1.165) is 44.6 Å². The Hall–Kier alpha value is -1.40. The highest BCUT2D eigenvalue weighted by molar-refractivity contribution is 5.95. The summed E-state index contributed by atoms with van der Waals surface area (Å²) in [5.41, 5.74) is 1.61. The summed E-state index contributed by atoms with van der Waals surface area (Å²) in [6, 6.07) is 0.250. The molecule has 1 aromatic rings. The lowest BCUT2D eigenvalue weighted by molar-refractivity contribution is -0.0601. The number of nitrogens with zero attached hydrogens (tertiary/aromatic N) is 4. The Morgan fingerprint density at radius 1 is 1.43 bits per heavy atom. The molecule has 1 amide bonds. The van der Waals surface area contributed by atoms with E-state index in [2.05, 4.69) is 17.0 Å². The van der Waals surface area contributed by atoms with Gasteiger partial charge in [-0.3, -0.25) is 9.48 Å². The van der Waals surface area contributed by atoms with Crippen molar-refractivity contribution in [1.29, 1.82) is 0 Å². The van der Waals surface area contributed by atoms with Gasteiger partial charge in [0.2, 0.25) is 0 Å². The maximum Gasteiger partial charge on any atom is 0.257 e. The highest BCUT2D eigenvalue weighted by atomic mass is 16.3. The molecule has 0 bridgehead atoms. The van der Waals surface area contributed by atoms with Gasteiger partial charge >= 0.3 is 0 Å². The van der Waals surface area contributed by atoms with Gasteiger partial charge in [0.05, 0.1) is 18.4 Å². The fourth-order valence-electron chi connectivity index (χ4n) is 4.35. The van der Waals surface area contributed by atoms with Gasteiger partial charge in [-0.25, -0.2) is 0 Å². The fourth-order valence-corrected chi connectivity index (χ4v) is 4.35. The van der Waals surface area contributed by atoms with E-state index in [9.17, 15) is 9.90 Å². The van der Waals surface area contributed by atoms with Crippen molar-refractivity contribution in [1.82, 2.24) is 19.6 Å². The van der Waals surface area contributed by atoms with Crippen LogP contribution in [0.1, 0.15) is 42.2 Å². The molecule has 6 heteroatoms. The molecule has 2 atom stereocenters. The molecule has 0 aliphatic carbocycles. The Labute approximate surface area is 138 Å². The van der Waals surface area contributed by atoms with Gasteiger partial charge in [-0.05, 0) is 46.7 Å². The summed E-state index contributed by atoms with van der Waals surface area (Å²) in [5.74, 6) is 0.0766. The van der Waals surface area contributed by atoms with Crippen LogP contribution < -0.4 is 0 Å². The van der Waals surface area contributed by atoms with Crippen LogP contribution in [-0.2, 0) is 6.54 Å². The summed E-state index contributed by atoms with van der Waals surface area (Å²) >= 11 is 0. The Kier molecular flexibility index (Phi) is 4.47. The summed E-state index contributed by atoms with van der Waals surface area (Å²) in [4.78, 5) is 17.2. The number of likely N-dealkylation sites (tertiary alicyclic amines) is 2. The van der Waals surface area contributed by atoms with E-state index in [-0.39, 0.29) is 24.0 Å². The zero-order valence-electron chi connectivity index (χ0n) is 14.5. The van der Waals surface area contributed by atoms with Crippen molar-refractivity contribution in [2.75, 3.05) is 33.3 Å². The number of carbonyl (C=O) groups excluding carboxylic acids is 1. The number of aromatic nitrogens is 2. The molecule has 2 fully saturated rings. The van der Waals surface area contributed by atoms with Crippen molar-refractivity contribution in [3.63, 3.8) is 0 Å². The first-order valence-electron chi connectivity index (χ1n) is 8.65. The van der Waals surface area contributed by atoms with Gasteiger partial charge in [0, 0.05) is 36.8 Å². The Bertz CT molecular complexity index is 585. The SMILES string of the molecule is CCn1ncc(C(=O)N2CC[C@@]3(CO)CCCN(C)[C@@H]3C2)c1C. The van der Waals surface area contributed by atoms with Crippen LogP contribution in [-0.4, -0.2) is 69.9 Å². The number of carbonyl (C=O) groups is 1. The molecule has 0 unspecified atom stereocenters. The van der Waals surface area contributed by atoms with E-state index in [4.69, 9.17) is 0 Å². The second kappa shape index (κ2) is 6.24.